The molecule has 1 unspecified atom stereocenters. The van der Waals surface area contributed by atoms with E-state index in [1.165, 1.54) is 12.2 Å². The molecule has 0 bridgehead atoms. The van der Waals surface area contributed by atoms with Gasteiger partial charge in [0.15, 0.2) is 0 Å². The first-order valence-corrected chi connectivity index (χ1v) is 6.51. The largest absolute Gasteiger partial charge is 0.425 e. The Hall–Kier alpha value is -0.830. The standard InChI is InChI=1S/C10H15O3P.H3N/c1-8(2)9-4-6-10(7-5-9)13-14(3,11)12;/h4-8H,1-3H3,(H,11,12);1H3. The second-order valence-electron chi connectivity index (χ2n) is 3.62. The lowest BCUT2D eigenvalue weighted by molar-refractivity contribution is 0.387. The minimum atomic E-state index is -3.43. The normalized spacial score (nSPS) is 14.2. The summed E-state index contributed by atoms with van der Waals surface area (Å²) in [7, 11) is -3.43. The van der Waals surface area contributed by atoms with E-state index in [0.717, 1.165) is 0 Å². The van der Waals surface area contributed by atoms with E-state index in [2.05, 4.69) is 13.8 Å². The Bertz CT molecular complexity index is 342. The molecular formula is C10H18NO3P. The summed E-state index contributed by atoms with van der Waals surface area (Å²) in [6.07, 6.45) is 0. The maximum absolute atomic E-state index is 10.9. The molecule has 1 atom stereocenters. The topological polar surface area (TPSA) is 81.5 Å². The highest BCUT2D eigenvalue weighted by molar-refractivity contribution is 7.52. The van der Waals surface area contributed by atoms with Crippen molar-refractivity contribution in [3.8, 4) is 5.75 Å². The maximum atomic E-state index is 10.9. The predicted octanol–water partition coefficient (Wildman–Crippen LogP) is 3.17. The van der Waals surface area contributed by atoms with Crippen LogP contribution in [0, 0.1) is 0 Å². The Kier molecular flexibility index (Phi) is 5.01. The van der Waals surface area contributed by atoms with Crippen molar-refractivity contribution >= 4 is 7.60 Å². The van der Waals surface area contributed by atoms with E-state index in [0.29, 0.717) is 11.7 Å². The molecule has 4 nitrogen and oxygen atoms in total. The zero-order chi connectivity index (χ0) is 10.8. The molecule has 0 aliphatic rings. The van der Waals surface area contributed by atoms with Crippen molar-refractivity contribution < 1.29 is 14.0 Å². The Morgan fingerprint density at radius 3 is 2.07 bits per heavy atom. The van der Waals surface area contributed by atoms with Gasteiger partial charge in [0.2, 0.25) is 0 Å². The van der Waals surface area contributed by atoms with E-state index in [4.69, 9.17) is 9.42 Å². The van der Waals surface area contributed by atoms with Crippen LogP contribution in [0.5, 0.6) is 5.75 Å². The first kappa shape index (κ1) is 14.2. The van der Waals surface area contributed by atoms with Crippen LogP contribution in [0.3, 0.4) is 0 Å². The van der Waals surface area contributed by atoms with Gasteiger partial charge in [-0.2, -0.15) is 0 Å². The number of benzene rings is 1. The van der Waals surface area contributed by atoms with Crippen LogP contribution >= 0.6 is 7.60 Å². The highest BCUT2D eigenvalue weighted by atomic mass is 31.2. The molecule has 0 radical (unpaired) electrons. The molecule has 4 N–H and O–H groups in total. The molecule has 0 saturated carbocycles. The fourth-order valence-electron chi connectivity index (χ4n) is 1.11. The van der Waals surface area contributed by atoms with E-state index in [9.17, 15) is 4.57 Å². The number of hydrogen-bond donors (Lipinski definition) is 2. The SMILES string of the molecule is CC(C)c1ccc(OP(C)(=O)O)cc1.N. The van der Waals surface area contributed by atoms with Crippen LogP contribution in [0.25, 0.3) is 0 Å². The Morgan fingerprint density at radius 1 is 1.27 bits per heavy atom. The lowest BCUT2D eigenvalue weighted by atomic mass is 10.0. The van der Waals surface area contributed by atoms with Crippen molar-refractivity contribution in [3.05, 3.63) is 29.8 Å². The van der Waals surface area contributed by atoms with Gasteiger partial charge in [0.1, 0.15) is 5.75 Å². The van der Waals surface area contributed by atoms with Crippen molar-refractivity contribution in [3.63, 3.8) is 0 Å². The first-order valence-electron chi connectivity index (χ1n) is 4.48. The summed E-state index contributed by atoms with van der Waals surface area (Å²) in [5, 5.41) is 0. The monoisotopic (exact) mass is 231 g/mol. The Balaban J connectivity index is 0.00000196. The van der Waals surface area contributed by atoms with Crippen LogP contribution in [-0.2, 0) is 4.57 Å². The summed E-state index contributed by atoms with van der Waals surface area (Å²) in [6, 6.07) is 7.22. The summed E-state index contributed by atoms with van der Waals surface area (Å²) in [6.45, 7) is 5.35. The van der Waals surface area contributed by atoms with Gasteiger partial charge in [-0.3, -0.25) is 0 Å². The lowest BCUT2D eigenvalue weighted by Crippen LogP contribution is -1.91. The zero-order valence-electron chi connectivity index (χ0n) is 9.30. The van der Waals surface area contributed by atoms with Crippen molar-refractivity contribution in [2.75, 3.05) is 6.66 Å². The molecule has 0 aliphatic carbocycles. The summed E-state index contributed by atoms with van der Waals surface area (Å²) >= 11 is 0. The average Bonchev–Trinajstić information content (AvgIpc) is 2.02. The van der Waals surface area contributed by atoms with Crippen LogP contribution < -0.4 is 10.7 Å². The molecule has 0 aromatic heterocycles. The van der Waals surface area contributed by atoms with Gasteiger partial charge in [0.25, 0.3) is 0 Å². The van der Waals surface area contributed by atoms with Crippen LogP contribution in [0.4, 0.5) is 0 Å². The number of rotatable bonds is 3. The molecule has 15 heavy (non-hydrogen) atoms. The lowest BCUT2D eigenvalue weighted by Gasteiger charge is -2.10. The smallest absolute Gasteiger partial charge is 0.373 e. The van der Waals surface area contributed by atoms with Gasteiger partial charge in [-0.15, -0.1) is 0 Å². The van der Waals surface area contributed by atoms with E-state index in [1.54, 1.807) is 12.1 Å². The van der Waals surface area contributed by atoms with Gasteiger partial charge < -0.3 is 15.6 Å². The minimum Gasteiger partial charge on any atom is -0.425 e. The predicted molar refractivity (Wildman–Crippen MR) is 61.9 cm³/mol. The molecule has 0 fully saturated rings. The highest BCUT2D eigenvalue weighted by Crippen LogP contribution is 2.38. The molecular weight excluding hydrogens is 213 g/mol. The minimum absolute atomic E-state index is 0. The molecule has 0 spiro atoms. The van der Waals surface area contributed by atoms with Crippen LogP contribution in [0.2, 0.25) is 0 Å². The van der Waals surface area contributed by atoms with Crippen molar-refractivity contribution in [1.82, 2.24) is 6.15 Å². The summed E-state index contributed by atoms with van der Waals surface area (Å²) < 4.78 is 15.8. The van der Waals surface area contributed by atoms with Crippen molar-refractivity contribution in [2.24, 2.45) is 0 Å². The first-order chi connectivity index (χ1) is 6.38. The Labute approximate surface area is 90.4 Å². The molecule has 0 aliphatic heterocycles. The van der Waals surface area contributed by atoms with Crippen LogP contribution in [-0.4, -0.2) is 11.6 Å². The third kappa shape index (κ3) is 4.98. The molecule has 1 aromatic carbocycles. The van der Waals surface area contributed by atoms with Gasteiger partial charge >= 0.3 is 7.60 Å². The van der Waals surface area contributed by atoms with E-state index in [1.807, 2.05) is 12.1 Å². The molecule has 86 valence electrons. The molecule has 5 heteroatoms. The molecule has 1 aromatic rings. The fourth-order valence-corrected chi connectivity index (χ4v) is 1.62. The quantitative estimate of drug-likeness (QED) is 0.783. The van der Waals surface area contributed by atoms with Gasteiger partial charge in [0, 0.05) is 6.66 Å². The third-order valence-electron chi connectivity index (χ3n) is 1.82. The van der Waals surface area contributed by atoms with E-state index < -0.39 is 7.60 Å². The second kappa shape index (κ2) is 5.31. The van der Waals surface area contributed by atoms with Gasteiger partial charge in [0.05, 0.1) is 0 Å². The summed E-state index contributed by atoms with van der Waals surface area (Å²) in [4.78, 5) is 8.98. The zero-order valence-corrected chi connectivity index (χ0v) is 10.2. The highest BCUT2D eigenvalue weighted by Gasteiger charge is 2.11. The maximum Gasteiger partial charge on any atom is 0.373 e. The third-order valence-corrected chi connectivity index (χ3v) is 2.37. The van der Waals surface area contributed by atoms with Crippen molar-refractivity contribution in [2.45, 2.75) is 19.8 Å². The van der Waals surface area contributed by atoms with Gasteiger partial charge in [-0.05, 0) is 23.6 Å². The van der Waals surface area contributed by atoms with Crippen LogP contribution in [0.1, 0.15) is 25.3 Å². The molecule has 1 rings (SSSR count). The Morgan fingerprint density at radius 2 is 1.73 bits per heavy atom. The van der Waals surface area contributed by atoms with Crippen molar-refractivity contribution in [1.29, 1.82) is 0 Å². The average molecular weight is 231 g/mol. The molecule has 0 saturated heterocycles. The molecule has 0 amide bonds. The van der Waals surface area contributed by atoms with E-state index in [-0.39, 0.29) is 6.15 Å². The van der Waals surface area contributed by atoms with E-state index >= 15 is 0 Å². The fraction of sp³-hybridized carbons (Fsp3) is 0.400. The van der Waals surface area contributed by atoms with Crippen LogP contribution in [0.15, 0.2) is 24.3 Å². The van der Waals surface area contributed by atoms with Gasteiger partial charge in [-0.25, -0.2) is 4.57 Å². The second-order valence-corrected chi connectivity index (χ2v) is 5.41. The van der Waals surface area contributed by atoms with Gasteiger partial charge in [-0.1, -0.05) is 26.0 Å². The molecule has 0 heterocycles. The number of hydrogen-bond acceptors (Lipinski definition) is 3. The summed E-state index contributed by atoms with van der Waals surface area (Å²) in [5.74, 6) is 0.884. The summed E-state index contributed by atoms with van der Waals surface area (Å²) in [5.41, 5.74) is 1.18.